The molecule has 0 bridgehead atoms. The van der Waals surface area contributed by atoms with Crippen LogP contribution < -0.4 is 10.6 Å². The van der Waals surface area contributed by atoms with Gasteiger partial charge in [-0.1, -0.05) is 53.8 Å². The first-order chi connectivity index (χ1) is 17.1. The summed E-state index contributed by atoms with van der Waals surface area (Å²) < 4.78 is 5.43. The van der Waals surface area contributed by atoms with Crippen molar-refractivity contribution < 1.29 is 19.1 Å². The van der Waals surface area contributed by atoms with Crippen LogP contribution in [0.3, 0.4) is 0 Å². The second kappa shape index (κ2) is 10.3. The van der Waals surface area contributed by atoms with Gasteiger partial charge in [0.15, 0.2) is 5.13 Å². The van der Waals surface area contributed by atoms with Crippen molar-refractivity contribution in [3.05, 3.63) is 66.4 Å². The van der Waals surface area contributed by atoms with Gasteiger partial charge in [0.1, 0.15) is 12.6 Å². The third kappa shape index (κ3) is 5.68. The summed E-state index contributed by atoms with van der Waals surface area (Å²) in [6.07, 6.45) is 4.42. The van der Waals surface area contributed by atoms with E-state index in [9.17, 15) is 14.4 Å². The average Bonchev–Trinajstić information content (AvgIpc) is 3.42. The largest absolute Gasteiger partial charge is 0.445 e. The number of anilines is 2. The third-order valence-electron chi connectivity index (χ3n) is 6.09. The number of rotatable bonds is 7. The van der Waals surface area contributed by atoms with Gasteiger partial charge in [0.05, 0.1) is 4.88 Å². The summed E-state index contributed by atoms with van der Waals surface area (Å²) in [5, 5.41) is 6.26. The molecule has 1 atom stereocenters. The lowest BCUT2D eigenvalue weighted by Gasteiger charge is -2.22. The molecule has 180 valence electrons. The topological polar surface area (TPSA) is 101 Å². The van der Waals surface area contributed by atoms with E-state index in [1.54, 1.807) is 6.20 Å². The minimum atomic E-state index is -0.591. The Labute approximate surface area is 207 Å². The molecule has 2 fully saturated rings. The molecule has 2 heterocycles. The molecule has 0 spiro atoms. The summed E-state index contributed by atoms with van der Waals surface area (Å²) in [5.41, 5.74) is 2.55. The number of aromatic nitrogens is 1. The molecule has 9 heteroatoms. The molecule has 1 saturated carbocycles. The molecule has 3 amide bonds. The van der Waals surface area contributed by atoms with Gasteiger partial charge in [-0.15, -0.1) is 0 Å². The van der Waals surface area contributed by atoms with Crippen molar-refractivity contribution in [1.82, 2.24) is 9.88 Å². The first kappa shape index (κ1) is 23.0. The fraction of sp³-hybridized carbons (Fsp3) is 0.308. The van der Waals surface area contributed by atoms with Gasteiger partial charge in [0.25, 0.3) is 0 Å². The zero-order chi connectivity index (χ0) is 24.2. The number of carbonyl (C=O) groups is 3. The van der Waals surface area contributed by atoms with Gasteiger partial charge in [-0.3, -0.25) is 14.5 Å². The predicted molar refractivity (Wildman–Crippen MR) is 134 cm³/mol. The summed E-state index contributed by atoms with van der Waals surface area (Å²) in [6, 6.07) is 16.4. The van der Waals surface area contributed by atoms with Crippen molar-refractivity contribution in [3.8, 4) is 10.4 Å². The summed E-state index contributed by atoms with van der Waals surface area (Å²) in [5.74, 6) is -0.0806. The first-order valence-corrected chi connectivity index (χ1v) is 12.5. The van der Waals surface area contributed by atoms with E-state index in [1.165, 1.54) is 16.2 Å². The van der Waals surface area contributed by atoms with Crippen molar-refractivity contribution in [1.29, 1.82) is 0 Å². The Bertz CT molecular complexity index is 1220. The normalized spacial score (nSPS) is 17.1. The number of carbonyl (C=O) groups excluding carboxylic acids is 3. The van der Waals surface area contributed by atoms with Crippen LogP contribution in [0.4, 0.5) is 15.6 Å². The molecule has 2 aliphatic rings. The molecule has 5 rings (SSSR count). The maximum absolute atomic E-state index is 13.0. The quantitative estimate of drug-likeness (QED) is 0.491. The van der Waals surface area contributed by atoms with Gasteiger partial charge in [0, 0.05) is 24.3 Å². The maximum atomic E-state index is 13.0. The first-order valence-electron chi connectivity index (χ1n) is 11.7. The number of thiazole rings is 1. The van der Waals surface area contributed by atoms with Crippen LogP contribution in [0.5, 0.6) is 0 Å². The zero-order valence-corrected chi connectivity index (χ0v) is 19.9. The summed E-state index contributed by atoms with van der Waals surface area (Å²) in [4.78, 5) is 44.3. The van der Waals surface area contributed by atoms with Crippen molar-refractivity contribution in [2.24, 2.45) is 5.92 Å². The number of benzene rings is 2. The Kier molecular flexibility index (Phi) is 6.76. The number of nitrogens with zero attached hydrogens (tertiary/aromatic N) is 2. The SMILES string of the molecule is O=C(Nc1cccc(-c2cnc(NC(=O)C3CCCN3C(=O)OCc3ccccc3)s2)c1)C1CC1. The molecule has 1 aliphatic heterocycles. The highest BCUT2D eigenvalue weighted by Crippen LogP contribution is 2.33. The van der Waals surface area contributed by atoms with E-state index in [-0.39, 0.29) is 24.3 Å². The Balaban J connectivity index is 1.19. The zero-order valence-electron chi connectivity index (χ0n) is 19.1. The second-order valence-corrected chi connectivity index (χ2v) is 9.79. The van der Waals surface area contributed by atoms with Crippen molar-refractivity contribution in [3.63, 3.8) is 0 Å². The summed E-state index contributed by atoms with van der Waals surface area (Å²) >= 11 is 1.35. The fourth-order valence-corrected chi connectivity index (χ4v) is 4.87. The lowest BCUT2D eigenvalue weighted by Crippen LogP contribution is -2.43. The monoisotopic (exact) mass is 490 g/mol. The molecule has 1 unspecified atom stereocenters. The van der Waals surface area contributed by atoms with Crippen LogP contribution in [0.15, 0.2) is 60.8 Å². The molecule has 3 aromatic rings. The number of ether oxygens (including phenoxy) is 1. The third-order valence-corrected chi connectivity index (χ3v) is 7.06. The van der Waals surface area contributed by atoms with Gasteiger partial charge in [-0.25, -0.2) is 9.78 Å². The molecule has 35 heavy (non-hydrogen) atoms. The lowest BCUT2D eigenvalue weighted by atomic mass is 10.2. The number of hydrogen-bond donors (Lipinski definition) is 2. The molecular formula is C26H26N4O4S. The van der Waals surface area contributed by atoms with Crippen LogP contribution in [-0.2, 0) is 20.9 Å². The number of amides is 3. The highest BCUT2D eigenvalue weighted by molar-refractivity contribution is 7.19. The minimum Gasteiger partial charge on any atom is -0.445 e. The second-order valence-electron chi connectivity index (χ2n) is 8.75. The molecule has 1 aliphatic carbocycles. The molecule has 0 radical (unpaired) electrons. The van der Waals surface area contributed by atoms with Crippen molar-refractivity contribution >= 4 is 40.1 Å². The van der Waals surface area contributed by atoms with Crippen molar-refractivity contribution in [2.45, 2.75) is 38.3 Å². The molecule has 2 N–H and O–H groups in total. The Morgan fingerprint density at radius 1 is 1.00 bits per heavy atom. The maximum Gasteiger partial charge on any atom is 0.410 e. The van der Waals surface area contributed by atoms with Crippen LogP contribution in [0.1, 0.15) is 31.2 Å². The van der Waals surface area contributed by atoms with E-state index in [0.717, 1.165) is 41.0 Å². The van der Waals surface area contributed by atoms with Crippen LogP contribution in [0.25, 0.3) is 10.4 Å². The smallest absolute Gasteiger partial charge is 0.410 e. The number of nitrogens with one attached hydrogen (secondary N) is 2. The standard InChI is InChI=1S/C26H26N4O4S/c31-23(18-11-12-18)28-20-9-4-8-19(14-20)22-15-27-25(35-22)29-24(32)21-10-5-13-30(21)26(33)34-16-17-6-2-1-3-7-17/h1-4,6-9,14-15,18,21H,5,10-13,16H2,(H,28,31)(H,27,29,32). The van der Waals surface area contributed by atoms with Gasteiger partial charge in [0.2, 0.25) is 11.8 Å². The minimum absolute atomic E-state index is 0.0582. The van der Waals surface area contributed by atoms with Gasteiger partial charge in [-0.2, -0.15) is 0 Å². The van der Waals surface area contributed by atoms with Crippen LogP contribution >= 0.6 is 11.3 Å². The average molecular weight is 491 g/mol. The van der Waals surface area contributed by atoms with E-state index >= 15 is 0 Å². The summed E-state index contributed by atoms with van der Waals surface area (Å²) in [6.45, 7) is 0.648. The van der Waals surface area contributed by atoms with E-state index < -0.39 is 12.1 Å². The van der Waals surface area contributed by atoms with Gasteiger partial charge < -0.3 is 15.4 Å². The molecule has 8 nitrogen and oxygen atoms in total. The predicted octanol–water partition coefficient (Wildman–Crippen LogP) is 4.90. The highest BCUT2D eigenvalue weighted by Gasteiger charge is 2.35. The van der Waals surface area contributed by atoms with E-state index in [1.807, 2.05) is 54.6 Å². The Hall–Kier alpha value is -3.72. The fourth-order valence-electron chi connectivity index (χ4n) is 4.05. The number of likely N-dealkylation sites (tertiary alicyclic amines) is 1. The lowest BCUT2D eigenvalue weighted by molar-refractivity contribution is -0.120. The molecule has 1 saturated heterocycles. The van der Waals surface area contributed by atoms with E-state index in [4.69, 9.17) is 4.74 Å². The van der Waals surface area contributed by atoms with Gasteiger partial charge in [-0.05, 0) is 48.9 Å². The van der Waals surface area contributed by atoms with Crippen LogP contribution in [0, 0.1) is 5.92 Å². The summed E-state index contributed by atoms with van der Waals surface area (Å²) in [7, 11) is 0. The van der Waals surface area contributed by atoms with Crippen molar-refractivity contribution in [2.75, 3.05) is 17.2 Å². The Morgan fingerprint density at radius 3 is 2.63 bits per heavy atom. The Morgan fingerprint density at radius 2 is 1.83 bits per heavy atom. The molecule has 1 aromatic heterocycles. The highest BCUT2D eigenvalue weighted by atomic mass is 32.1. The molecular weight excluding hydrogens is 464 g/mol. The van der Waals surface area contributed by atoms with Crippen LogP contribution in [0.2, 0.25) is 0 Å². The molecule has 2 aromatic carbocycles. The van der Waals surface area contributed by atoms with Gasteiger partial charge >= 0.3 is 6.09 Å². The van der Waals surface area contributed by atoms with Crippen LogP contribution in [-0.4, -0.2) is 40.4 Å². The van der Waals surface area contributed by atoms with E-state index in [0.29, 0.717) is 18.1 Å². The van der Waals surface area contributed by atoms with E-state index in [2.05, 4.69) is 15.6 Å². The number of hydrogen-bond acceptors (Lipinski definition) is 6.